The Morgan fingerprint density at radius 2 is 2.04 bits per heavy atom. The van der Waals surface area contributed by atoms with Crippen molar-refractivity contribution in [2.75, 3.05) is 19.6 Å². The Labute approximate surface area is 166 Å². The molecule has 0 radical (unpaired) electrons. The highest BCUT2D eigenvalue weighted by molar-refractivity contribution is 5.84. The minimum Gasteiger partial charge on any atom is -0.463 e. The van der Waals surface area contributed by atoms with Crippen molar-refractivity contribution >= 4 is 16.9 Å². The number of nitrogens with zero attached hydrogens (tertiary/aromatic N) is 1. The van der Waals surface area contributed by atoms with Gasteiger partial charge >= 0.3 is 0 Å². The summed E-state index contributed by atoms with van der Waals surface area (Å²) in [6.45, 7) is 9.40. The average molecular weight is 383 g/mol. The smallest absolute Gasteiger partial charge is 0.191 e. The summed E-state index contributed by atoms with van der Waals surface area (Å²) in [5.74, 6) is 1.98. The number of aromatic nitrogens is 1. The van der Waals surface area contributed by atoms with Gasteiger partial charge < -0.3 is 25.1 Å². The molecule has 3 rings (SSSR count). The van der Waals surface area contributed by atoms with Crippen molar-refractivity contribution in [3.63, 3.8) is 0 Å². The van der Waals surface area contributed by atoms with E-state index in [1.807, 2.05) is 19.9 Å². The molecule has 6 heteroatoms. The lowest BCUT2D eigenvalue weighted by Gasteiger charge is -2.19. The van der Waals surface area contributed by atoms with Crippen LogP contribution >= 0.6 is 0 Å². The number of hydrogen-bond acceptors (Lipinski definition) is 3. The predicted octanol–water partition coefficient (Wildman–Crippen LogP) is 3.38. The maximum absolute atomic E-state index is 10.7. The number of rotatable bonds is 7. The fourth-order valence-corrected chi connectivity index (χ4v) is 3.20. The lowest BCUT2D eigenvalue weighted by atomic mass is 10.0. The van der Waals surface area contributed by atoms with Crippen LogP contribution in [0.4, 0.5) is 0 Å². The zero-order chi connectivity index (χ0) is 20.1. The van der Waals surface area contributed by atoms with E-state index >= 15 is 0 Å². The van der Waals surface area contributed by atoms with Crippen molar-refractivity contribution in [3.8, 4) is 0 Å². The molecule has 3 aromatic rings. The molecule has 2 aromatic heterocycles. The van der Waals surface area contributed by atoms with Crippen LogP contribution in [0.15, 0.2) is 45.9 Å². The Balaban J connectivity index is 1.61. The summed E-state index contributed by atoms with van der Waals surface area (Å²) >= 11 is 0. The zero-order valence-corrected chi connectivity index (χ0v) is 17.1. The molecule has 6 nitrogen and oxygen atoms in total. The molecule has 1 atom stereocenters. The summed E-state index contributed by atoms with van der Waals surface area (Å²) in [6, 6.07) is 10.1. The van der Waals surface area contributed by atoms with Crippen molar-refractivity contribution in [1.82, 2.24) is 15.6 Å². The molecule has 1 aromatic carbocycles. The number of aliphatic imine (C=N–C) groups is 1. The van der Waals surface area contributed by atoms with E-state index in [-0.39, 0.29) is 6.54 Å². The predicted molar refractivity (Wildman–Crippen MR) is 114 cm³/mol. The molecule has 0 fully saturated rings. The fourth-order valence-electron chi connectivity index (χ4n) is 3.20. The van der Waals surface area contributed by atoms with Crippen LogP contribution in [-0.4, -0.2) is 35.7 Å². The molecule has 0 saturated heterocycles. The van der Waals surface area contributed by atoms with Gasteiger partial charge in [-0.1, -0.05) is 12.1 Å². The Morgan fingerprint density at radius 1 is 1.21 bits per heavy atom. The van der Waals surface area contributed by atoms with E-state index in [0.717, 1.165) is 25.3 Å². The third-order valence-corrected chi connectivity index (χ3v) is 4.77. The topological polar surface area (TPSA) is 85.6 Å². The van der Waals surface area contributed by atoms with Gasteiger partial charge in [0.1, 0.15) is 17.1 Å². The lowest BCUT2D eigenvalue weighted by Crippen LogP contribution is -2.39. The maximum Gasteiger partial charge on any atom is 0.191 e. The number of guanidine groups is 1. The number of aryl methyl sites for hydroxylation is 2. The third kappa shape index (κ3) is 4.75. The Bertz CT molecular complexity index is 953. The van der Waals surface area contributed by atoms with Crippen molar-refractivity contribution in [2.45, 2.75) is 39.7 Å². The zero-order valence-electron chi connectivity index (χ0n) is 17.1. The highest BCUT2D eigenvalue weighted by atomic mass is 16.4. The second-order valence-electron chi connectivity index (χ2n) is 7.42. The van der Waals surface area contributed by atoms with E-state index in [1.54, 1.807) is 13.0 Å². The maximum atomic E-state index is 10.7. The summed E-state index contributed by atoms with van der Waals surface area (Å²) < 4.78 is 5.56. The number of nitrogens with one attached hydrogen (secondary N) is 3. The van der Waals surface area contributed by atoms with Crippen molar-refractivity contribution in [3.05, 3.63) is 59.2 Å². The van der Waals surface area contributed by atoms with E-state index < -0.39 is 5.60 Å². The average Bonchev–Trinajstić information content (AvgIpc) is 3.26. The quantitative estimate of drug-likeness (QED) is 0.373. The highest BCUT2D eigenvalue weighted by Gasteiger charge is 2.26. The van der Waals surface area contributed by atoms with Crippen LogP contribution in [0, 0.1) is 13.8 Å². The normalized spacial score (nSPS) is 14.2. The van der Waals surface area contributed by atoms with E-state index in [4.69, 9.17) is 4.42 Å². The van der Waals surface area contributed by atoms with Gasteiger partial charge in [0.2, 0.25) is 0 Å². The van der Waals surface area contributed by atoms with Gasteiger partial charge in [0, 0.05) is 30.2 Å². The second kappa shape index (κ2) is 8.52. The van der Waals surface area contributed by atoms with E-state index in [0.29, 0.717) is 11.7 Å². The van der Waals surface area contributed by atoms with Gasteiger partial charge in [0.05, 0.1) is 6.54 Å². The van der Waals surface area contributed by atoms with E-state index in [1.165, 1.54) is 22.0 Å². The van der Waals surface area contributed by atoms with Crippen LogP contribution in [-0.2, 0) is 12.0 Å². The monoisotopic (exact) mass is 382 g/mol. The standard InChI is InChI=1S/C22H30N4O2/c1-5-23-21(26-14-22(4,27)20-9-7-16(3)28-20)24-11-10-17-13-25-19-12-15(2)6-8-18(17)19/h6-9,12-13,25,27H,5,10-11,14H2,1-4H3,(H2,23,24,26). The molecule has 0 bridgehead atoms. The molecule has 2 heterocycles. The third-order valence-electron chi connectivity index (χ3n) is 4.77. The molecule has 0 aliphatic heterocycles. The van der Waals surface area contributed by atoms with Gasteiger partial charge in [-0.05, 0) is 63.4 Å². The van der Waals surface area contributed by atoms with Crippen LogP contribution in [0.5, 0.6) is 0 Å². The number of aromatic amines is 1. The van der Waals surface area contributed by atoms with Crippen LogP contribution in [0.25, 0.3) is 10.9 Å². The molecule has 4 N–H and O–H groups in total. The van der Waals surface area contributed by atoms with Crippen molar-refractivity contribution in [2.24, 2.45) is 4.99 Å². The molecule has 150 valence electrons. The number of furan rings is 1. The summed E-state index contributed by atoms with van der Waals surface area (Å²) in [6.07, 6.45) is 2.95. The first-order chi connectivity index (χ1) is 13.4. The Kier molecular flexibility index (Phi) is 6.09. The molecular weight excluding hydrogens is 352 g/mol. The largest absolute Gasteiger partial charge is 0.463 e. The molecule has 0 aliphatic carbocycles. The van der Waals surface area contributed by atoms with Crippen molar-refractivity contribution in [1.29, 1.82) is 0 Å². The summed E-state index contributed by atoms with van der Waals surface area (Å²) in [4.78, 5) is 7.88. The summed E-state index contributed by atoms with van der Waals surface area (Å²) in [5.41, 5.74) is 2.54. The van der Waals surface area contributed by atoms with Gasteiger partial charge in [-0.3, -0.25) is 0 Å². The van der Waals surface area contributed by atoms with Gasteiger partial charge in [-0.2, -0.15) is 0 Å². The summed E-state index contributed by atoms with van der Waals surface area (Å²) in [7, 11) is 0. The first-order valence-corrected chi connectivity index (χ1v) is 9.77. The van der Waals surface area contributed by atoms with Crippen LogP contribution in [0.2, 0.25) is 0 Å². The Morgan fingerprint density at radius 3 is 2.75 bits per heavy atom. The molecule has 1 unspecified atom stereocenters. The van der Waals surface area contributed by atoms with Gasteiger partial charge in [0.15, 0.2) is 5.96 Å². The minimum absolute atomic E-state index is 0.210. The molecule has 28 heavy (non-hydrogen) atoms. The molecule has 0 aliphatic rings. The lowest BCUT2D eigenvalue weighted by molar-refractivity contribution is 0.0428. The van der Waals surface area contributed by atoms with Crippen molar-refractivity contribution < 1.29 is 9.52 Å². The number of H-pyrrole nitrogens is 1. The number of benzene rings is 1. The molecule has 0 saturated carbocycles. The minimum atomic E-state index is -1.15. The Hall–Kier alpha value is -2.73. The number of aliphatic hydroxyl groups is 1. The van der Waals surface area contributed by atoms with Gasteiger partial charge in [0.25, 0.3) is 0 Å². The first kappa shape index (κ1) is 20.0. The molecule has 0 spiro atoms. The highest BCUT2D eigenvalue weighted by Crippen LogP contribution is 2.23. The first-order valence-electron chi connectivity index (χ1n) is 9.77. The summed E-state index contributed by atoms with van der Waals surface area (Å²) in [5, 5.41) is 18.5. The molecular formula is C22H30N4O2. The number of fused-ring (bicyclic) bond motifs is 1. The molecule has 0 amide bonds. The van der Waals surface area contributed by atoms with Crippen LogP contribution in [0.3, 0.4) is 0 Å². The van der Waals surface area contributed by atoms with Gasteiger partial charge in [-0.15, -0.1) is 0 Å². The number of hydrogen-bond donors (Lipinski definition) is 4. The van der Waals surface area contributed by atoms with Gasteiger partial charge in [-0.25, -0.2) is 4.99 Å². The fraction of sp³-hybridized carbons (Fsp3) is 0.409. The van der Waals surface area contributed by atoms with E-state index in [2.05, 4.69) is 51.9 Å². The van der Waals surface area contributed by atoms with E-state index in [9.17, 15) is 5.11 Å². The van der Waals surface area contributed by atoms with Crippen LogP contribution < -0.4 is 10.6 Å². The SMILES string of the molecule is CCNC(=NCC(C)(O)c1ccc(C)o1)NCCc1c[nH]c2cc(C)ccc12. The second-order valence-corrected chi connectivity index (χ2v) is 7.42. The van der Waals surface area contributed by atoms with Crippen LogP contribution in [0.1, 0.15) is 36.5 Å².